The number of nitrogens with zero attached hydrogens (tertiary/aromatic N) is 4. The van der Waals surface area contributed by atoms with Gasteiger partial charge in [-0.1, -0.05) is 24.3 Å². The van der Waals surface area contributed by atoms with E-state index in [2.05, 4.69) is 37.9 Å². The third-order valence-electron chi connectivity index (χ3n) is 8.37. The normalized spacial score (nSPS) is 15.3. The van der Waals surface area contributed by atoms with Crippen molar-refractivity contribution in [2.24, 2.45) is 0 Å². The number of benzene rings is 3. The first-order valence-electron chi connectivity index (χ1n) is 15.5. The van der Waals surface area contributed by atoms with Gasteiger partial charge in [0.25, 0.3) is 5.91 Å². The molecular weight excluding hydrogens is 586 g/mol. The van der Waals surface area contributed by atoms with Crippen LogP contribution in [0.3, 0.4) is 0 Å². The van der Waals surface area contributed by atoms with E-state index in [9.17, 15) is 4.79 Å². The summed E-state index contributed by atoms with van der Waals surface area (Å²) in [5, 5.41) is 9.62. The lowest BCUT2D eigenvalue weighted by Gasteiger charge is -2.32. The Labute approximate surface area is 267 Å². The van der Waals surface area contributed by atoms with Gasteiger partial charge in [0.15, 0.2) is 11.5 Å². The van der Waals surface area contributed by atoms with Crippen LogP contribution < -0.4 is 40.0 Å². The first-order valence-corrected chi connectivity index (χ1v) is 15.5. The Hall–Kier alpha value is -5.23. The van der Waals surface area contributed by atoms with Crippen molar-refractivity contribution in [1.29, 1.82) is 0 Å². The van der Waals surface area contributed by atoms with Crippen LogP contribution in [0.25, 0.3) is 0 Å². The quantitative estimate of drug-likeness (QED) is 0.244. The predicted molar refractivity (Wildman–Crippen MR) is 177 cm³/mol. The van der Waals surface area contributed by atoms with E-state index in [4.69, 9.17) is 28.9 Å². The molecule has 4 heterocycles. The summed E-state index contributed by atoms with van der Waals surface area (Å²) in [4.78, 5) is 27.2. The topological polar surface area (TPSA) is 122 Å². The zero-order valence-electron chi connectivity index (χ0n) is 26.0. The van der Waals surface area contributed by atoms with Crippen LogP contribution in [0.5, 0.6) is 17.2 Å². The maximum Gasteiger partial charge on any atom is 0.253 e. The van der Waals surface area contributed by atoms with Crippen molar-refractivity contribution in [2.75, 3.05) is 80.7 Å². The van der Waals surface area contributed by atoms with E-state index in [1.165, 1.54) is 0 Å². The lowest BCUT2D eigenvalue weighted by atomic mass is 10.1. The summed E-state index contributed by atoms with van der Waals surface area (Å²) in [6, 6.07) is 19.5. The second-order valence-electron chi connectivity index (χ2n) is 11.2. The second-order valence-corrected chi connectivity index (χ2v) is 11.2. The Morgan fingerprint density at radius 2 is 1.65 bits per heavy atom. The van der Waals surface area contributed by atoms with Crippen molar-refractivity contribution < 1.29 is 23.7 Å². The molecule has 0 aliphatic carbocycles. The number of ether oxygens (including phenoxy) is 4. The molecule has 4 aromatic rings. The molecular formula is C34H37N7O5. The summed E-state index contributed by atoms with van der Waals surface area (Å²) in [6.07, 6.45) is 0.747. The number of amides is 1. The molecule has 238 valence electrons. The van der Waals surface area contributed by atoms with Crippen LogP contribution in [0.4, 0.5) is 34.6 Å². The highest BCUT2D eigenvalue weighted by Gasteiger charge is 2.29. The number of nitrogens with one attached hydrogen (secondary N) is 3. The van der Waals surface area contributed by atoms with Gasteiger partial charge < -0.3 is 44.7 Å². The van der Waals surface area contributed by atoms with Crippen molar-refractivity contribution >= 4 is 40.6 Å². The van der Waals surface area contributed by atoms with E-state index < -0.39 is 0 Å². The van der Waals surface area contributed by atoms with E-state index in [0.717, 1.165) is 54.4 Å². The summed E-state index contributed by atoms with van der Waals surface area (Å²) in [7, 11) is 3.29. The maximum atomic E-state index is 12.7. The fourth-order valence-electron chi connectivity index (χ4n) is 6.03. The van der Waals surface area contributed by atoms with Gasteiger partial charge in [-0.05, 0) is 48.4 Å². The number of carbonyl (C=O) groups is 1. The third-order valence-corrected chi connectivity index (χ3v) is 8.37. The zero-order valence-corrected chi connectivity index (χ0v) is 26.0. The number of hydrogen-bond acceptors (Lipinski definition) is 11. The Balaban J connectivity index is 1.26. The van der Waals surface area contributed by atoms with Crippen LogP contribution in [0.2, 0.25) is 0 Å². The molecule has 1 saturated heterocycles. The number of fused-ring (bicyclic) bond motifs is 2. The van der Waals surface area contributed by atoms with Gasteiger partial charge in [-0.25, -0.2) is 0 Å². The van der Waals surface area contributed by atoms with Gasteiger partial charge >= 0.3 is 0 Å². The number of rotatable bonds is 9. The average molecular weight is 624 g/mol. The lowest BCUT2D eigenvalue weighted by molar-refractivity contribution is 0.0964. The van der Waals surface area contributed by atoms with Gasteiger partial charge in [0.2, 0.25) is 5.95 Å². The molecule has 0 atom stereocenters. The lowest BCUT2D eigenvalue weighted by Crippen LogP contribution is -2.36. The molecule has 0 spiro atoms. The van der Waals surface area contributed by atoms with Crippen LogP contribution in [-0.2, 0) is 17.7 Å². The van der Waals surface area contributed by atoms with E-state index in [-0.39, 0.29) is 5.91 Å². The van der Waals surface area contributed by atoms with E-state index in [1.807, 2.05) is 42.5 Å². The number of anilines is 6. The highest BCUT2D eigenvalue weighted by molar-refractivity contribution is 6.00. The predicted octanol–water partition coefficient (Wildman–Crippen LogP) is 4.50. The third kappa shape index (κ3) is 5.91. The molecule has 0 unspecified atom stereocenters. The molecule has 3 N–H and O–H groups in total. The number of hydrogen-bond donors (Lipinski definition) is 3. The smallest absolute Gasteiger partial charge is 0.253 e. The standard InChI is InChI=1S/C34H37N7O5/c1-35-33(42)24-5-3-4-6-26(24)36-31-25-13-14-41(21-22-7-9-23(43-2)10-8-22)32(25)39-34(38-31)37-27-11-12-28(40-15-17-44-18-16-40)30-29(27)45-19-20-46-30/h3-12H,13-21H2,1-2H3,(H,35,42)(H2,36,37,38,39). The van der Waals surface area contributed by atoms with Crippen LogP contribution in [-0.4, -0.2) is 76.1 Å². The number of aromatic nitrogens is 2. The molecule has 1 amide bonds. The summed E-state index contributed by atoms with van der Waals surface area (Å²) < 4.78 is 23.2. The fraction of sp³-hybridized carbons (Fsp3) is 0.324. The van der Waals surface area contributed by atoms with Gasteiger partial charge in [0.1, 0.15) is 30.6 Å². The minimum absolute atomic E-state index is 0.183. The highest BCUT2D eigenvalue weighted by Crippen LogP contribution is 2.46. The first-order chi connectivity index (χ1) is 22.6. The van der Waals surface area contributed by atoms with Crippen molar-refractivity contribution in [3.05, 3.63) is 77.4 Å². The molecule has 3 aliphatic rings. The summed E-state index contributed by atoms with van der Waals surface area (Å²) in [6.45, 7) is 5.27. The molecule has 0 radical (unpaired) electrons. The molecule has 12 nitrogen and oxygen atoms in total. The Morgan fingerprint density at radius 3 is 2.43 bits per heavy atom. The van der Waals surface area contributed by atoms with Crippen molar-refractivity contribution in [1.82, 2.24) is 15.3 Å². The molecule has 12 heteroatoms. The van der Waals surface area contributed by atoms with Gasteiger partial charge in [0.05, 0.1) is 42.9 Å². The number of methoxy groups -OCH3 is 1. The highest BCUT2D eigenvalue weighted by atomic mass is 16.6. The second kappa shape index (κ2) is 13.0. The molecule has 3 aliphatic heterocycles. The van der Waals surface area contributed by atoms with Crippen LogP contribution in [0.15, 0.2) is 60.7 Å². The van der Waals surface area contributed by atoms with Crippen molar-refractivity contribution in [3.63, 3.8) is 0 Å². The van der Waals surface area contributed by atoms with Gasteiger partial charge in [0, 0.05) is 38.8 Å². The maximum absolute atomic E-state index is 12.7. The van der Waals surface area contributed by atoms with Crippen LogP contribution >= 0.6 is 0 Å². The minimum atomic E-state index is -0.183. The summed E-state index contributed by atoms with van der Waals surface area (Å²) >= 11 is 0. The Kier molecular flexibility index (Phi) is 8.34. The Bertz CT molecular complexity index is 1730. The molecule has 0 saturated carbocycles. The average Bonchev–Trinajstić information content (AvgIpc) is 3.51. The first kappa shape index (κ1) is 29.5. The van der Waals surface area contributed by atoms with Crippen molar-refractivity contribution in [3.8, 4) is 17.2 Å². The SMILES string of the molecule is CNC(=O)c1ccccc1Nc1nc(Nc2ccc(N3CCOCC3)c3c2OCCO3)nc2c1CCN2Cc1ccc(OC)cc1. The molecule has 0 bridgehead atoms. The zero-order chi connectivity index (χ0) is 31.5. The Morgan fingerprint density at radius 1 is 0.870 bits per heavy atom. The van der Waals surface area contributed by atoms with Crippen molar-refractivity contribution in [2.45, 2.75) is 13.0 Å². The van der Waals surface area contributed by atoms with E-state index in [0.29, 0.717) is 73.2 Å². The largest absolute Gasteiger partial charge is 0.497 e. The van der Waals surface area contributed by atoms with Gasteiger partial charge in [-0.2, -0.15) is 9.97 Å². The number of para-hydroxylation sites is 1. The van der Waals surface area contributed by atoms with Crippen LogP contribution in [0, 0.1) is 0 Å². The van der Waals surface area contributed by atoms with E-state index >= 15 is 0 Å². The van der Waals surface area contributed by atoms with E-state index in [1.54, 1.807) is 20.2 Å². The summed E-state index contributed by atoms with van der Waals surface area (Å²) in [5.41, 5.74) is 5.00. The number of carbonyl (C=O) groups excluding carboxylic acids is 1. The monoisotopic (exact) mass is 623 g/mol. The number of morpholine rings is 1. The van der Waals surface area contributed by atoms with Gasteiger partial charge in [-0.3, -0.25) is 4.79 Å². The molecule has 46 heavy (non-hydrogen) atoms. The molecule has 1 aromatic heterocycles. The van der Waals surface area contributed by atoms with Crippen LogP contribution in [0.1, 0.15) is 21.5 Å². The fourth-order valence-corrected chi connectivity index (χ4v) is 6.03. The molecule has 3 aromatic carbocycles. The minimum Gasteiger partial charge on any atom is -0.497 e. The summed E-state index contributed by atoms with van der Waals surface area (Å²) in [5.74, 6) is 3.83. The molecule has 1 fully saturated rings. The molecule has 7 rings (SSSR count). The van der Waals surface area contributed by atoms with Gasteiger partial charge in [-0.15, -0.1) is 0 Å².